The number of hydrogen-bond donors (Lipinski definition) is 2. The van der Waals surface area contributed by atoms with E-state index in [4.69, 9.17) is 9.52 Å². The first-order valence-electron chi connectivity index (χ1n) is 6.98. The Morgan fingerprint density at radius 3 is 2.23 bits per heavy atom. The number of aromatic carboxylic acids is 1. The van der Waals surface area contributed by atoms with Gasteiger partial charge in [0.15, 0.2) is 0 Å². The second-order valence-electron chi connectivity index (χ2n) is 6.08. The van der Waals surface area contributed by atoms with Crippen LogP contribution in [0.15, 0.2) is 40.8 Å². The Kier molecular flexibility index (Phi) is 4.35. The molecular weight excluding hydrogens is 282 g/mol. The van der Waals surface area contributed by atoms with E-state index in [2.05, 4.69) is 26.1 Å². The van der Waals surface area contributed by atoms with Crippen LogP contribution in [0.4, 0.5) is 0 Å². The number of carboxylic acids is 1. The molecule has 22 heavy (non-hydrogen) atoms. The van der Waals surface area contributed by atoms with Gasteiger partial charge in [0.25, 0.3) is 5.91 Å². The van der Waals surface area contributed by atoms with Gasteiger partial charge in [-0.2, -0.15) is 0 Å². The standard InChI is InChI=1S/C17H19NO4/c1-17(2,3)12-6-4-11(5-7-12)15(19)18-10-13-8-9-14(22-13)16(20)21/h4-9H,10H2,1-3H3,(H,18,19)(H,20,21). The Balaban J connectivity index is 1.98. The maximum atomic E-state index is 12.1. The smallest absolute Gasteiger partial charge is 0.371 e. The van der Waals surface area contributed by atoms with E-state index < -0.39 is 5.97 Å². The van der Waals surface area contributed by atoms with Crippen molar-refractivity contribution in [3.05, 3.63) is 59.0 Å². The summed E-state index contributed by atoms with van der Waals surface area (Å²) in [5.41, 5.74) is 1.75. The van der Waals surface area contributed by atoms with Gasteiger partial charge in [0, 0.05) is 5.56 Å². The monoisotopic (exact) mass is 301 g/mol. The summed E-state index contributed by atoms with van der Waals surface area (Å²) in [6, 6.07) is 10.3. The molecule has 0 radical (unpaired) electrons. The molecule has 116 valence electrons. The highest BCUT2D eigenvalue weighted by atomic mass is 16.4. The predicted octanol–water partition coefficient (Wildman–Crippen LogP) is 3.21. The molecule has 0 aliphatic rings. The molecule has 2 aromatic rings. The fourth-order valence-corrected chi connectivity index (χ4v) is 1.98. The summed E-state index contributed by atoms with van der Waals surface area (Å²) < 4.78 is 5.08. The zero-order chi connectivity index (χ0) is 16.3. The summed E-state index contributed by atoms with van der Waals surface area (Å²) >= 11 is 0. The van der Waals surface area contributed by atoms with Crippen LogP contribution in [-0.2, 0) is 12.0 Å². The highest BCUT2D eigenvalue weighted by molar-refractivity contribution is 5.94. The SMILES string of the molecule is CC(C)(C)c1ccc(C(=O)NCc2ccc(C(=O)O)o2)cc1. The first-order chi connectivity index (χ1) is 10.3. The van der Waals surface area contributed by atoms with Crippen LogP contribution in [0.5, 0.6) is 0 Å². The molecule has 0 fully saturated rings. The van der Waals surface area contributed by atoms with Crippen LogP contribution in [0.1, 0.15) is 53.0 Å². The van der Waals surface area contributed by atoms with Crippen molar-refractivity contribution in [3.8, 4) is 0 Å². The van der Waals surface area contributed by atoms with Crippen LogP contribution in [0.25, 0.3) is 0 Å². The van der Waals surface area contributed by atoms with E-state index in [-0.39, 0.29) is 23.6 Å². The van der Waals surface area contributed by atoms with E-state index in [0.29, 0.717) is 11.3 Å². The van der Waals surface area contributed by atoms with Crippen molar-refractivity contribution in [2.45, 2.75) is 32.7 Å². The Labute approximate surface area is 129 Å². The summed E-state index contributed by atoms with van der Waals surface area (Å²) in [6.45, 7) is 6.48. The van der Waals surface area contributed by atoms with E-state index in [1.165, 1.54) is 12.1 Å². The minimum atomic E-state index is -1.13. The summed E-state index contributed by atoms with van der Waals surface area (Å²) in [7, 11) is 0. The number of rotatable bonds is 4. The summed E-state index contributed by atoms with van der Waals surface area (Å²) in [5.74, 6) is -1.10. The third-order valence-corrected chi connectivity index (χ3v) is 3.31. The van der Waals surface area contributed by atoms with Crippen molar-refractivity contribution in [1.29, 1.82) is 0 Å². The van der Waals surface area contributed by atoms with Crippen molar-refractivity contribution in [2.24, 2.45) is 0 Å². The zero-order valence-electron chi connectivity index (χ0n) is 12.8. The molecule has 1 aromatic heterocycles. The van der Waals surface area contributed by atoms with Gasteiger partial charge in [-0.25, -0.2) is 4.79 Å². The molecule has 0 saturated heterocycles. The second-order valence-corrected chi connectivity index (χ2v) is 6.08. The Morgan fingerprint density at radius 1 is 1.09 bits per heavy atom. The molecule has 5 heteroatoms. The average Bonchev–Trinajstić information content (AvgIpc) is 2.93. The molecule has 1 aromatic carbocycles. The number of benzene rings is 1. The lowest BCUT2D eigenvalue weighted by molar-refractivity contribution is 0.0660. The van der Waals surface area contributed by atoms with Gasteiger partial charge in [-0.05, 0) is 35.2 Å². The van der Waals surface area contributed by atoms with Gasteiger partial charge in [0.05, 0.1) is 6.54 Å². The summed E-state index contributed by atoms with van der Waals surface area (Å²) in [5, 5.41) is 11.5. The minimum absolute atomic E-state index is 0.0381. The van der Waals surface area contributed by atoms with E-state index in [1.54, 1.807) is 12.1 Å². The van der Waals surface area contributed by atoms with Crippen LogP contribution in [-0.4, -0.2) is 17.0 Å². The normalized spacial score (nSPS) is 11.2. The van der Waals surface area contributed by atoms with E-state index >= 15 is 0 Å². The molecule has 2 N–H and O–H groups in total. The number of carboxylic acid groups (broad SMARTS) is 1. The lowest BCUT2D eigenvalue weighted by Crippen LogP contribution is -2.22. The van der Waals surface area contributed by atoms with Crippen molar-refractivity contribution < 1.29 is 19.1 Å². The number of nitrogens with one attached hydrogen (secondary N) is 1. The maximum Gasteiger partial charge on any atom is 0.371 e. The molecule has 0 spiro atoms. The lowest BCUT2D eigenvalue weighted by Gasteiger charge is -2.19. The fraction of sp³-hybridized carbons (Fsp3) is 0.294. The van der Waals surface area contributed by atoms with Gasteiger partial charge in [0.1, 0.15) is 5.76 Å². The zero-order valence-corrected chi connectivity index (χ0v) is 12.8. The Bertz CT molecular complexity index is 677. The van der Waals surface area contributed by atoms with Gasteiger partial charge in [0.2, 0.25) is 5.76 Å². The molecule has 5 nitrogen and oxygen atoms in total. The molecule has 0 unspecified atom stereocenters. The number of hydrogen-bond acceptors (Lipinski definition) is 3. The van der Waals surface area contributed by atoms with Crippen LogP contribution >= 0.6 is 0 Å². The van der Waals surface area contributed by atoms with Gasteiger partial charge < -0.3 is 14.8 Å². The summed E-state index contributed by atoms with van der Waals surface area (Å²) in [6.07, 6.45) is 0. The van der Waals surface area contributed by atoms with Gasteiger partial charge in [-0.3, -0.25) is 4.79 Å². The molecular formula is C17H19NO4. The largest absolute Gasteiger partial charge is 0.475 e. The third kappa shape index (κ3) is 3.75. The average molecular weight is 301 g/mol. The van der Waals surface area contributed by atoms with Crippen LogP contribution in [0.2, 0.25) is 0 Å². The number of carbonyl (C=O) groups is 2. The van der Waals surface area contributed by atoms with E-state index in [0.717, 1.165) is 5.56 Å². The number of amides is 1. The van der Waals surface area contributed by atoms with Crippen molar-refractivity contribution >= 4 is 11.9 Å². The quantitative estimate of drug-likeness (QED) is 0.908. The molecule has 0 aliphatic heterocycles. The van der Waals surface area contributed by atoms with Crippen LogP contribution < -0.4 is 5.32 Å². The third-order valence-electron chi connectivity index (χ3n) is 3.31. The molecule has 2 rings (SSSR count). The van der Waals surface area contributed by atoms with Gasteiger partial charge >= 0.3 is 5.97 Å². The first kappa shape index (κ1) is 15.8. The Hall–Kier alpha value is -2.56. The Morgan fingerprint density at radius 2 is 1.73 bits per heavy atom. The molecule has 0 saturated carbocycles. The first-order valence-corrected chi connectivity index (χ1v) is 6.98. The lowest BCUT2D eigenvalue weighted by atomic mass is 9.87. The highest BCUT2D eigenvalue weighted by Crippen LogP contribution is 2.22. The predicted molar refractivity (Wildman–Crippen MR) is 82.0 cm³/mol. The van der Waals surface area contributed by atoms with Gasteiger partial charge in [-0.1, -0.05) is 32.9 Å². The van der Waals surface area contributed by atoms with Crippen LogP contribution in [0.3, 0.4) is 0 Å². The molecule has 1 amide bonds. The number of furan rings is 1. The maximum absolute atomic E-state index is 12.1. The van der Waals surface area contributed by atoms with Crippen molar-refractivity contribution in [2.75, 3.05) is 0 Å². The molecule has 1 heterocycles. The molecule has 0 aliphatic carbocycles. The molecule has 0 atom stereocenters. The van der Waals surface area contributed by atoms with Crippen LogP contribution in [0, 0.1) is 0 Å². The second kappa shape index (κ2) is 6.05. The highest BCUT2D eigenvalue weighted by Gasteiger charge is 2.14. The van der Waals surface area contributed by atoms with E-state index in [1.807, 2.05) is 12.1 Å². The molecule has 0 bridgehead atoms. The number of carbonyl (C=O) groups excluding carboxylic acids is 1. The van der Waals surface area contributed by atoms with Crippen molar-refractivity contribution in [1.82, 2.24) is 5.32 Å². The topological polar surface area (TPSA) is 79.5 Å². The van der Waals surface area contributed by atoms with Crippen molar-refractivity contribution in [3.63, 3.8) is 0 Å². The minimum Gasteiger partial charge on any atom is -0.475 e. The fourth-order valence-electron chi connectivity index (χ4n) is 1.98. The van der Waals surface area contributed by atoms with E-state index in [9.17, 15) is 9.59 Å². The van der Waals surface area contributed by atoms with Gasteiger partial charge in [-0.15, -0.1) is 0 Å². The summed E-state index contributed by atoms with van der Waals surface area (Å²) in [4.78, 5) is 22.8.